The van der Waals surface area contributed by atoms with Crippen LogP contribution in [-0.2, 0) is 0 Å². The van der Waals surface area contributed by atoms with Crippen LogP contribution in [-0.4, -0.2) is 62.2 Å². The lowest BCUT2D eigenvalue weighted by Gasteiger charge is -2.30. The fourth-order valence-corrected chi connectivity index (χ4v) is 3.30. The molecule has 2 unspecified atom stereocenters. The molecule has 0 bridgehead atoms. The molecule has 17 heavy (non-hydrogen) atoms. The highest BCUT2D eigenvalue weighted by atomic mass is 15.2. The molecular formula is C14H29N3. The molecule has 0 radical (unpaired) electrons. The first-order chi connectivity index (χ1) is 8.25. The molecule has 0 saturated carbocycles. The van der Waals surface area contributed by atoms with E-state index in [1.54, 1.807) is 0 Å². The number of likely N-dealkylation sites (tertiary alicyclic amines) is 1. The smallest absolute Gasteiger partial charge is 0.0224 e. The Morgan fingerprint density at radius 1 is 1.12 bits per heavy atom. The van der Waals surface area contributed by atoms with Crippen molar-refractivity contribution >= 4 is 0 Å². The Balaban J connectivity index is 1.79. The van der Waals surface area contributed by atoms with Crippen LogP contribution >= 0.6 is 0 Å². The standard InChI is InChI=1S/C14H29N3/c1-16(2)12-14-8-6-10-17(14)11-13-7-4-3-5-9-15-13/h13-15H,3-12H2,1-2H3. The van der Waals surface area contributed by atoms with Crippen LogP contribution in [0.2, 0.25) is 0 Å². The topological polar surface area (TPSA) is 18.5 Å². The number of hydrogen-bond acceptors (Lipinski definition) is 3. The van der Waals surface area contributed by atoms with E-state index in [4.69, 9.17) is 0 Å². The van der Waals surface area contributed by atoms with E-state index >= 15 is 0 Å². The molecule has 3 heteroatoms. The van der Waals surface area contributed by atoms with Gasteiger partial charge in [-0.1, -0.05) is 12.8 Å². The first-order valence-electron chi connectivity index (χ1n) is 7.38. The van der Waals surface area contributed by atoms with Crippen molar-refractivity contribution in [1.82, 2.24) is 15.1 Å². The van der Waals surface area contributed by atoms with Crippen LogP contribution in [0.25, 0.3) is 0 Å². The summed E-state index contributed by atoms with van der Waals surface area (Å²) in [5, 5.41) is 3.73. The van der Waals surface area contributed by atoms with Gasteiger partial charge in [-0.05, 0) is 52.9 Å². The van der Waals surface area contributed by atoms with Gasteiger partial charge in [-0.2, -0.15) is 0 Å². The Morgan fingerprint density at radius 2 is 2.00 bits per heavy atom. The zero-order valence-electron chi connectivity index (χ0n) is 11.6. The fraction of sp³-hybridized carbons (Fsp3) is 1.00. The van der Waals surface area contributed by atoms with Gasteiger partial charge in [0.15, 0.2) is 0 Å². The van der Waals surface area contributed by atoms with Crippen LogP contribution in [0.4, 0.5) is 0 Å². The van der Waals surface area contributed by atoms with E-state index in [1.807, 2.05) is 0 Å². The van der Waals surface area contributed by atoms with Crippen molar-refractivity contribution in [2.75, 3.05) is 40.3 Å². The molecule has 2 aliphatic rings. The van der Waals surface area contributed by atoms with Gasteiger partial charge in [0.2, 0.25) is 0 Å². The lowest BCUT2D eigenvalue weighted by Crippen LogP contribution is -2.45. The summed E-state index contributed by atoms with van der Waals surface area (Å²) in [5.74, 6) is 0. The highest BCUT2D eigenvalue weighted by Crippen LogP contribution is 2.19. The number of likely N-dealkylation sites (N-methyl/N-ethyl adjacent to an activating group) is 1. The Morgan fingerprint density at radius 3 is 2.82 bits per heavy atom. The largest absolute Gasteiger partial charge is 0.313 e. The molecule has 0 amide bonds. The fourth-order valence-electron chi connectivity index (χ4n) is 3.30. The summed E-state index contributed by atoms with van der Waals surface area (Å²) in [5.41, 5.74) is 0. The van der Waals surface area contributed by atoms with Gasteiger partial charge in [0.25, 0.3) is 0 Å². The van der Waals surface area contributed by atoms with Crippen molar-refractivity contribution in [2.45, 2.75) is 50.6 Å². The van der Waals surface area contributed by atoms with E-state index in [0.717, 1.165) is 12.1 Å². The third-order valence-electron chi connectivity index (χ3n) is 4.19. The lowest BCUT2D eigenvalue weighted by molar-refractivity contribution is 0.188. The number of nitrogens with one attached hydrogen (secondary N) is 1. The Bertz CT molecular complexity index is 210. The zero-order chi connectivity index (χ0) is 12.1. The molecule has 2 heterocycles. The van der Waals surface area contributed by atoms with Gasteiger partial charge in [0.1, 0.15) is 0 Å². The molecule has 100 valence electrons. The predicted octanol–water partition coefficient (Wildman–Crippen LogP) is 1.54. The van der Waals surface area contributed by atoms with E-state index in [2.05, 4.69) is 29.2 Å². The van der Waals surface area contributed by atoms with Crippen molar-refractivity contribution in [3.63, 3.8) is 0 Å². The maximum absolute atomic E-state index is 3.73. The molecule has 2 saturated heterocycles. The summed E-state index contributed by atoms with van der Waals surface area (Å²) < 4.78 is 0. The minimum absolute atomic E-state index is 0.750. The number of hydrogen-bond donors (Lipinski definition) is 1. The summed E-state index contributed by atoms with van der Waals surface area (Å²) >= 11 is 0. The van der Waals surface area contributed by atoms with Crippen molar-refractivity contribution < 1.29 is 0 Å². The maximum atomic E-state index is 3.73. The molecular weight excluding hydrogens is 210 g/mol. The normalized spacial score (nSPS) is 31.9. The summed E-state index contributed by atoms with van der Waals surface area (Å²) in [6.07, 6.45) is 8.38. The van der Waals surface area contributed by atoms with Crippen LogP contribution in [0, 0.1) is 0 Å². The number of nitrogens with zero attached hydrogens (tertiary/aromatic N) is 2. The molecule has 2 fully saturated rings. The maximum Gasteiger partial charge on any atom is 0.0224 e. The first-order valence-corrected chi connectivity index (χ1v) is 7.38. The zero-order valence-corrected chi connectivity index (χ0v) is 11.6. The third-order valence-corrected chi connectivity index (χ3v) is 4.19. The third kappa shape index (κ3) is 4.23. The molecule has 2 rings (SSSR count). The van der Waals surface area contributed by atoms with E-state index in [-0.39, 0.29) is 0 Å². The minimum Gasteiger partial charge on any atom is -0.313 e. The lowest BCUT2D eigenvalue weighted by atomic mass is 10.1. The number of rotatable bonds is 4. The van der Waals surface area contributed by atoms with Crippen molar-refractivity contribution in [3.05, 3.63) is 0 Å². The summed E-state index contributed by atoms with van der Waals surface area (Å²) in [7, 11) is 4.39. The summed E-state index contributed by atoms with van der Waals surface area (Å²) in [6, 6.07) is 1.55. The molecule has 1 N–H and O–H groups in total. The van der Waals surface area contributed by atoms with Crippen LogP contribution in [0.5, 0.6) is 0 Å². The van der Waals surface area contributed by atoms with Crippen LogP contribution < -0.4 is 5.32 Å². The van der Waals surface area contributed by atoms with Gasteiger partial charge in [-0.25, -0.2) is 0 Å². The second-order valence-corrected chi connectivity index (χ2v) is 6.05. The SMILES string of the molecule is CN(C)CC1CCCN1CC1CCCCCN1. The molecule has 2 atom stereocenters. The summed E-state index contributed by atoms with van der Waals surface area (Å²) in [6.45, 7) is 5.05. The Hall–Kier alpha value is -0.120. The highest BCUT2D eigenvalue weighted by Gasteiger charge is 2.27. The quantitative estimate of drug-likeness (QED) is 0.803. The molecule has 3 nitrogen and oxygen atoms in total. The average molecular weight is 239 g/mol. The second-order valence-electron chi connectivity index (χ2n) is 6.05. The van der Waals surface area contributed by atoms with Crippen LogP contribution in [0.15, 0.2) is 0 Å². The molecule has 2 aliphatic heterocycles. The molecule has 0 aromatic carbocycles. The second kappa shape index (κ2) is 6.72. The van der Waals surface area contributed by atoms with Crippen LogP contribution in [0.1, 0.15) is 38.5 Å². The van der Waals surface area contributed by atoms with Crippen molar-refractivity contribution in [3.8, 4) is 0 Å². The first kappa shape index (κ1) is 13.3. The van der Waals surface area contributed by atoms with E-state index < -0.39 is 0 Å². The summed E-state index contributed by atoms with van der Waals surface area (Å²) in [4.78, 5) is 5.06. The Labute approximate surface area is 107 Å². The predicted molar refractivity (Wildman–Crippen MR) is 73.4 cm³/mol. The van der Waals surface area contributed by atoms with Gasteiger partial charge < -0.3 is 10.2 Å². The Kier molecular flexibility index (Phi) is 5.26. The van der Waals surface area contributed by atoms with Crippen LogP contribution in [0.3, 0.4) is 0 Å². The minimum atomic E-state index is 0.750. The van der Waals surface area contributed by atoms with E-state index in [9.17, 15) is 0 Å². The van der Waals surface area contributed by atoms with E-state index in [0.29, 0.717) is 0 Å². The van der Waals surface area contributed by atoms with E-state index in [1.165, 1.54) is 64.7 Å². The van der Waals surface area contributed by atoms with Gasteiger partial charge in [-0.15, -0.1) is 0 Å². The van der Waals surface area contributed by atoms with Crippen molar-refractivity contribution in [1.29, 1.82) is 0 Å². The van der Waals surface area contributed by atoms with Gasteiger partial charge >= 0.3 is 0 Å². The van der Waals surface area contributed by atoms with Crippen molar-refractivity contribution in [2.24, 2.45) is 0 Å². The molecule has 0 aromatic heterocycles. The average Bonchev–Trinajstić information content (AvgIpc) is 2.55. The van der Waals surface area contributed by atoms with Gasteiger partial charge in [0.05, 0.1) is 0 Å². The highest BCUT2D eigenvalue weighted by molar-refractivity contribution is 4.85. The molecule has 0 spiro atoms. The monoisotopic (exact) mass is 239 g/mol. The molecule has 0 aliphatic carbocycles. The van der Waals surface area contributed by atoms with Gasteiger partial charge in [0, 0.05) is 25.2 Å². The molecule has 0 aromatic rings. The van der Waals surface area contributed by atoms with Gasteiger partial charge in [-0.3, -0.25) is 4.90 Å².